The molecule has 1 aliphatic rings. The van der Waals surface area contributed by atoms with Crippen molar-refractivity contribution in [2.24, 2.45) is 5.92 Å². The van der Waals surface area contributed by atoms with Gasteiger partial charge in [-0.2, -0.15) is 0 Å². The minimum Gasteiger partial charge on any atom is -0.478 e. The lowest BCUT2D eigenvalue weighted by atomic mass is 9.87. The molecule has 5 heteroatoms. The highest BCUT2D eigenvalue weighted by Crippen LogP contribution is 2.26. The summed E-state index contributed by atoms with van der Waals surface area (Å²) in [7, 11) is 0. The molecule has 20 heavy (non-hydrogen) atoms. The molecule has 0 unspecified atom stereocenters. The number of hydrogen-bond acceptors (Lipinski definition) is 4. The normalized spacial score (nSPS) is 22.6. The number of pyridine rings is 1. The topological polar surface area (TPSA) is 82.5 Å². The first kappa shape index (κ1) is 14.8. The summed E-state index contributed by atoms with van der Waals surface area (Å²) in [6.07, 6.45) is 3.49. The Morgan fingerprint density at radius 2 is 2.00 bits per heavy atom. The molecule has 0 bridgehead atoms. The highest BCUT2D eigenvalue weighted by Gasteiger charge is 2.20. The highest BCUT2D eigenvalue weighted by atomic mass is 16.4. The zero-order chi connectivity index (χ0) is 14.7. The van der Waals surface area contributed by atoms with Gasteiger partial charge in [0.1, 0.15) is 5.56 Å². The van der Waals surface area contributed by atoms with Crippen LogP contribution in [0, 0.1) is 19.8 Å². The van der Waals surface area contributed by atoms with E-state index in [1.165, 1.54) is 0 Å². The molecule has 0 saturated heterocycles. The molecule has 0 radical (unpaired) electrons. The summed E-state index contributed by atoms with van der Waals surface area (Å²) >= 11 is 0. The zero-order valence-corrected chi connectivity index (χ0v) is 12.0. The standard InChI is InChI=1S/C15H22N2O3/c1-9-7-13(14(15(19)20)10(2)17-9)16-8-11-3-5-12(18)6-4-11/h7,11-12,18H,3-6,8H2,1-2H3,(H,16,17)(H,19,20). The number of aliphatic hydroxyl groups is 1. The fraction of sp³-hybridized carbons (Fsp3) is 0.600. The SMILES string of the molecule is Cc1cc(NCC2CCC(O)CC2)c(C(=O)O)c(C)n1. The maximum atomic E-state index is 11.3. The van der Waals surface area contributed by atoms with Crippen LogP contribution in [-0.4, -0.2) is 33.8 Å². The van der Waals surface area contributed by atoms with Crippen molar-refractivity contribution in [3.05, 3.63) is 23.0 Å². The number of hydrogen-bond donors (Lipinski definition) is 3. The predicted octanol–water partition coefficient (Wildman–Crippen LogP) is 2.36. The number of rotatable bonds is 4. The maximum Gasteiger partial charge on any atom is 0.339 e. The number of carbonyl (C=O) groups is 1. The first-order valence-electron chi connectivity index (χ1n) is 7.11. The van der Waals surface area contributed by atoms with Crippen LogP contribution < -0.4 is 5.32 Å². The number of aromatic carboxylic acids is 1. The fourth-order valence-corrected chi connectivity index (χ4v) is 2.84. The van der Waals surface area contributed by atoms with Gasteiger partial charge in [0.2, 0.25) is 0 Å². The van der Waals surface area contributed by atoms with Gasteiger partial charge in [-0.15, -0.1) is 0 Å². The largest absolute Gasteiger partial charge is 0.478 e. The number of nitrogens with one attached hydrogen (secondary N) is 1. The van der Waals surface area contributed by atoms with E-state index in [4.69, 9.17) is 0 Å². The number of aromatic nitrogens is 1. The second-order valence-corrected chi connectivity index (χ2v) is 5.63. The van der Waals surface area contributed by atoms with Gasteiger partial charge in [0, 0.05) is 12.2 Å². The number of anilines is 1. The van der Waals surface area contributed by atoms with Crippen LogP contribution in [0.4, 0.5) is 5.69 Å². The van der Waals surface area contributed by atoms with Crippen molar-refractivity contribution in [2.75, 3.05) is 11.9 Å². The van der Waals surface area contributed by atoms with E-state index in [0.717, 1.165) is 37.9 Å². The zero-order valence-electron chi connectivity index (χ0n) is 12.0. The Morgan fingerprint density at radius 3 is 2.60 bits per heavy atom. The van der Waals surface area contributed by atoms with Crippen LogP contribution in [0.3, 0.4) is 0 Å². The summed E-state index contributed by atoms with van der Waals surface area (Å²) in [5, 5.41) is 22.0. The molecule has 1 aromatic rings. The van der Waals surface area contributed by atoms with Gasteiger partial charge in [-0.3, -0.25) is 4.98 Å². The molecule has 1 fully saturated rings. The molecule has 5 nitrogen and oxygen atoms in total. The molecule has 3 N–H and O–H groups in total. The van der Waals surface area contributed by atoms with Gasteiger partial charge in [-0.25, -0.2) is 4.79 Å². The van der Waals surface area contributed by atoms with Crippen LogP contribution in [0.25, 0.3) is 0 Å². The average Bonchev–Trinajstić information content (AvgIpc) is 2.36. The van der Waals surface area contributed by atoms with E-state index in [1.54, 1.807) is 13.0 Å². The lowest BCUT2D eigenvalue weighted by Gasteiger charge is -2.26. The van der Waals surface area contributed by atoms with Crippen LogP contribution in [-0.2, 0) is 0 Å². The molecule has 0 spiro atoms. The van der Waals surface area contributed by atoms with Crippen LogP contribution in [0.1, 0.15) is 47.4 Å². The first-order valence-corrected chi connectivity index (χ1v) is 7.11. The second kappa shape index (κ2) is 6.22. The van der Waals surface area contributed by atoms with Gasteiger partial charge in [0.15, 0.2) is 0 Å². The van der Waals surface area contributed by atoms with Gasteiger partial charge in [0.05, 0.1) is 17.5 Å². The molecule has 0 amide bonds. The first-order chi connectivity index (χ1) is 9.47. The molecule has 1 aromatic heterocycles. The van der Waals surface area contributed by atoms with E-state index in [0.29, 0.717) is 17.3 Å². The van der Waals surface area contributed by atoms with Crippen molar-refractivity contribution in [2.45, 2.75) is 45.6 Å². The number of aryl methyl sites for hydroxylation is 2. The number of aliphatic hydroxyl groups excluding tert-OH is 1. The molecule has 0 aliphatic heterocycles. The third kappa shape index (κ3) is 3.48. The summed E-state index contributed by atoms with van der Waals surface area (Å²) in [4.78, 5) is 15.5. The van der Waals surface area contributed by atoms with Crippen molar-refractivity contribution in [1.29, 1.82) is 0 Å². The van der Waals surface area contributed by atoms with Crippen LogP contribution in [0.15, 0.2) is 6.07 Å². The molecule has 1 heterocycles. The number of carboxylic acids is 1. The van der Waals surface area contributed by atoms with Gasteiger partial charge in [0.25, 0.3) is 0 Å². The summed E-state index contributed by atoms with van der Waals surface area (Å²) < 4.78 is 0. The minimum atomic E-state index is -0.948. The van der Waals surface area contributed by atoms with Crippen LogP contribution in [0.2, 0.25) is 0 Å². The molecular weight excluding hydrogens is 256 g/mol. The minimum absolute atomic E-state index is 0.161. The van der Waals surface area contributed by atoms with E-state index in [-0.39, 0.29) is 11.7 Å². The maximum absolute atomic E-state index is 11.3. The molecular formula is C15H22N2O3. The van der Waals surface area contributed by atoms with Gasteiger partial charge in [-0.1, -0.05) is 0 Å². The van der Waals surface area contributed by atoms with Gasteiger partial charge in [-0.05, 0) is 51.5 Å². The van der Waals surface area contributed by atoms with Crippen molar-refractivity contribution in [3.8, 4) is 0 Å². The van der Waals surface area contributed by atoms with Gasteiger partial charge >= 0.3 is 5.97 Å². The molecule has 110 valence electrons. The highest BCUT2D eigenvalue weighted by molar-refractivity contribution is 5.95. The van der Waals surface area contributed by atoms with Crippen LogP contribution in [0.5, 0.6) is 0 Å². The molecule has 0 aromatic carbocycles. The Hall–Kier alpha value is -1.62. The number of carboxylic acid groups (broad SMARTS) is 1. The Labute approximate surface area is 119 Å². The van der Waals surface area contributed by atoms with E-state index < -0.39 is 5.97 Å². The van der Waals surface area contributed by atoms with E-state index in [9.17, 15) is 15.0 Å². The summed E-state index contributed by atoms with van der Waals surface area (Å²) in [5.74, 6) is -0.453. The number of nitrogens with zero attached hydrogens (tertiary/aromatic N) is 1. The smallest absolute Gasteiger partial charge is 0.339 e. The Bertz CT molecular complexity index is 494. The Balaban J connectivity index is 2.07. The van der Waals surface area contributed by atoms with E-state index in [1.807, 2.05) is 6.92 Å². The lowest BCUT2D eigenvalue weighted by molar-refractivity contribution is 0.0696. The summed E-state index contributed by atoms with van der Waals surface area (Å²) in [6, 6.07) is 1.79. The Morgan fingerprint density at radius 1 is 1.35 bits per heavy atom. The average molecular weight is 278 g/mol. The second-order valence-electron chi connectivity index (χ2n) is 5.63. The van der Waals surface area contributed by atoms with Crippen molar-refractivity contribution < 1.29 is 15.0 Å². The molecule has 1 aliphatic carbocycles. The van der Waals surface area contributed by atoms with E-state index in [2.05, 4.69) is 10.3 Å². The Kier molecular flexibility index (Phi) is 4.60. The van der Waals surface area contributed by atoms with Crippen molar-refractivity contribution >= 4 is 11.7 Å². The monoisotopic (exact) mass is 278 g/mol. The quantitative estimate of drug-likeness (QED) is 0.787. The lowest BCUT2D eigenvalue weighted by Crippen LogP contribution is -2.24. The van der Waals surface area contributed by atoms with Crippen molar-refractivity contribution in [3.63, 3.8) is 0 Å². The third-order valence-electron chi connectivity index (χ3n) is 3.94. The molecule has 1 saturated carbocycles. The molecule has 0 atom stereocenters. The molecule has 2 rings (SSSR count). The van der Waals surface area contributed by atoms with Crippen molar-refractivity contribution in [1.82, 2.24) is 4.98 Å². The fourth-order valence-electron chi connectivity index (χ4n) is 2.84. The van der Waals surface area contributed by atoms with Crippen LogP contribution >= 0.6 is 0 Å². The van der Waals surface area contributed by atoms with E-state index >= 15 is 0 Å². The summed E-state index contributed by atoms with van der Waals surface area (Å²) in [5.41, 5.74) is 2.26. The predicted molar refractivity (Wildman–Crippen MR) is 77.1 cm³/mol. The summed E-state index contributed by atoms with van der Waals surface area (Å²) in [6.45, 7) is 4.33. The van der Waals surface area contributed by atoms with Gasteiger partial charge < -0.3 is 15.5 Å². The third-order valence-corrected chi connectivity index (χ3v) is 3.94.